The van der Waals surface area contributed by atoms with E-state index in [0.29, 0.717) is 0 Å². The minimum absolute atomic E-state index is 0.816. The zero-order chi connectivity index (χ0) is 16.5. The van der Waals surface area contributed by atoms with Gasteiger partial charge in [-0.05, 0) is 47.1 Å². The lowest BCUT2D eigenvalue weighted by Crippen LogP contribution is -2.47. The van der Waals surface area contributed by atoms with E-state index in [2.05, 4.69) is 53.9 Å². The Hall–Kier alpha value is -2.21. The van der Waals surface area contributed by atoms with Crippen molar-refractivity contribution in [2.45, 2.75) is 6.92 Å². The van der Waals surface area contributed by atoms with Crippen molar-refractivity contribution in [2.75, 3.05) is 36.0 Å². The van der Waals surface area contributed by atoms with Gasteiger partial charge < -0.3 is 9.80 Å². The quantitative estimate of drug-likeness (QED) is 0.678. The molecule has 3 heterocycles. The third-order valence-corrected chi connectivity index (χ3v) is 4.99. The maximum atomic E-state index is 4.85. The molecule has 24 heavy (non-hydrogen) atoms. The van der Waals surface area contributed by atoms with Gasteiger partial charge in [-0.3, -0.25) is 0 Å². The number of piperazine rings is 1. The second kappa shape index (κ2) is 6.36. The van der Waals surface area contributed by atoms with Crippen molar-refractivity contribution >= 4 is 38.5 Å². The Morgan fingerprint density at radius 2 is 1.58 bits per heavy atom. The zero-order valence-electron chi connectivity index (χ0n) is 13.5. The van der Waals surface area contributed by atoms with Crippen molar-refractivity contribution in [3.8, 4) is 0 Å². The molecule has 6 heteroatoms. The first-order valence-electron chi connectivity index (χ1n) is 8.05. The summed E-state index contributed by atoms with van der Waals surface area (Å²) in [5.41, 5.74) is 1.02. The van der Waals surface area contributed by atoms with Crippen LogP contribution in [0.1, 0.15) is 5.82 Å². The summed E-state index contributed by atoms with van der Waals surface area (Å²) in [5.74, 6) is 2.86. The molecular formula is C18H18BrN5. The smallest absolute Gasteiger partial charge is 0.132 e. The number of halogens is 1. The van der Waals surface area contributed by atoms with Crippen LogP contribution < -0.4 is 9.80 Å². The first kappa shape index (κ1) is 15.3. The Bertz CT molecular complexity index is 874. The SMILES string of the molecule is Cc1nccc(N2CCN(c3ccc4cccc(Br)c4n3)CC2)n1. The standard InChI is InChI=1S/C18H18BrN5/c1-13-20-8-7-17(21-13)24-11-9-23(10-12-24)16-6-5-14-3-2-4-15(19)18(14)22-16/h2-8H,9-12H2,1H3. The number of pyridine rings is 1. The van der Waals surface area contributed by atoms with Crippen molar-refractivity contribution in [1.82, 2.24) is 15.0 Å². The fourth-order valence-corrected chi connectivity index (χ4v) is 3.53. The fraction of sp³-hybridized carbons (Fsp3) is 0.278. The van der Waals surface area contributed by atoms with Crippen LogP contribution in [0.25, 0.3) is 10.9 Å². The van der Waals surface area contributed by atoms with Crippen LogP contribution in [-0.4, -0.2) is 41.1 Å². The molecule has 0 N–H and O–H groups in total. The topological polar surface area (TPSA) is 45.2 Å². The van der Waals surface area contributed by atoms with Gasteiger partial charge in [0.15, 0.2) is 0 Å². The van der Waals surface area contributed by atoms with E-state index in [0.717, 1.165) is 59.0 Å². The molecule has 0 unspecified atom stereocenters. The lowest BCUT2D eigenvalue weighted by atomic mass is 10.2. The molecule has 122 valence electrons. The van der Waals surface area contributed by atoms with Crippen molar-refractivity contribution in [2.24, 2.45) is 0 Å². The van der Waals surface area contributed by atoms with Crippen LogP contribution in [0.15, 0.2) is 47.1 Å². The highest BCUT2D eigenvalue weighted by molar-refractivity contribution is 9.10. The predicted molar refractivity (Wildman–Crippen MR) is 101 cm³/mol. The number of anilines is 2. The van der Waals surface area contributed by atoms with Crippen LogP contribution in [0.4, 0.5) is 11.6 Å². The third-order valence-electron chi connectivity index (χ3n) is 4.35. The first-order chi connectivity index (χ1) is 11.7. The molecule has 0 amide bonds. The highest BCUT2D eigenvalue weighted by atomic mass is 79.9. The molecule has 5 nitrogen and oxygen atoms in total. The summed E-state index contributed by atoms with van der Waals surface area (Å²) in [6.07, 6.45) is 1.83. The molecule has 1 aliphatic rings. The molecular weight excluding hydrogens is 366 g/mol. The van der Waals surface area contributed by atoms with Crippen LogP contribution in [0, 0.1) is 6.92 Å². The van der Waals surface area contributed by atoms with Gasteiger partial charge in [0.1, 0.15) is 17.5 Å². The number of rotatable bonds is 2. The molecule has 4 rings (SSSR count). The number of nitrogens with zero attached hydrogens (tertiary/aromatic N) is 5. The number of aryl methyl sites for hydroxylation is 1. The Morgan fingerprint density at radius 3 is 2.29 bits per heavy atom. The Morgan fingerprint density at radius 1 is 0.875 bits per heavy atom. The summed E-state index contributed by atoms with van der Waals surface area (Å²) >= 11 is 3.60. The predicted octanol–water partition coefficient (Wildman–Crippen LogP) is 3.42. The van der Waals surface area contributed by atoms with Gasteiger partial charge in [-0.15, -0.1) is 0 Å². The van der Waals surface area contributed by atoms with Crippen LogP contribution >= 0.6 is 15.9 Å². The molecule has 0 aliphatic carbocycles. The van der Waals surface area contributed by atoms with Gasteiger partial charge in [-0.1, -0.05) is 12.1 Å². The second-order valence-corrected chi connectivity index (χ2v) is 6.77. The molecule has 1 fully saturated rings. The Balaban J connectivity index is 1.52. The van der Waals surface area contributed by atoms with E-state index in [1.807, 2.05) is 31.3 Å². The van der Waals surface area contributed by atoms with E-state index in [4.69, 9.17) is 4.98 Å². The molecule has 0 spiro atoms. The summed E-state index contributed by atoms with van der Waals surface area (Å²) in [6, 6.07) is 12.4. The molecule has 0 radical (unpaired) electrons. The van der Waals surface area contributed by atoms with Crippen LogP contribution in [0.5, 0.6) is 0 Å². The molecule has 0 saturated carbocycles. The summed E-state index contributed by atoms with van der Waals surface area (Å²) in [4.78, 5) is 18.2. The van der Waals surface area contributed by atoms with Gasteiger partial charge in [0, 0.05) is 42.2 Å². The lowest BCUT2D eigenvalue weighted by Gasteiger charge is -2.36. The van der Waals surface area contributed by atoms with Gasteiger partial charge in [0.2, 0.25) is 0 Å². The van der Waals surface area contributed by atoms with E-state index in [9.17, 15) is 0 Å². The fourth-order valence-electron chi connectivity index (χ4n) is 3.06. The van der Waals surface area contributed by atoms with Crippen molar-refractivity contribution in [1.29, 1.82) is 0 Å². The Kier molecular flexibility index (Phi) is 4.06. The number of aromatic nitrogens is 3. The van der Waals surface area contributed by atoms with E-state index >= 15 is 0 Å². The number of fused-ring (bicyclic) bond motifs is 1. The summed E-state index contributed by atoms with van der Waals surface area (Å²) in [6.45, 7) is 5.67. The molecule has 0 atom stereocenters. The summed E-state index contributed by atoms with van der Waals surface area (Å²) in [5, 5.41) is 1.16. The minimum atomic E-state index is 0.816. The second-order valence-electron chi connectivity index (χ2n) is 5.92. The van der Waals surface area contributed by atoms with Gasteiger partial charge in [0.25, 0.3) is 0 Å². The van der Waals surface area contributed by atoms with E-state index in [1.54, 1.807) is 0 Å². The molecule has 1 saturated heterocycles. The van der Waals surface area contributed by atoms with Crippen molar-refractivity contribution in [3.05, 3.63) is 52.9 Å². The maximum Gasteiger partial charge on any atom is 0.132 e. The average Bonchev–Trinajstić information content (AvgIpc) is 2.62. The van der Waals surface area contributed by atoms with Crippen molar-refractivity contribution in [3.63, 3.8) is 0 Å². The number of benzene rings is 1. The maximum absolute atomic E-state index is 4.85. The van der Waals surface area contributed by atoms with Gasteiger partial charge in [-0.25, -0.2) is 15.0 Å². The van der Waals surface area contributed by atoms with E-state index in [-0.39, 0.29) is 0 Å². The summed E-state index contributed by atoms with van der Waals surface area (Å²) < 4.78 is 1.04. The lowest BCUT2D eigenvalue weighted by molar-refractivity contribution is 0.641. The van der Waals surface area contributed by atoms with Crippen LogP contribution in [-0.2, 0) is 0 Å². The monoisotopic (exact) mass is 383 g/mol. The van der Waals surface area contributed by atoms with Gasteiger partial charge in [0.05, 0.1) is 5.52 Å². The number of para-hydroxylation sites is 1. The van der Waals surface area contributed by atoms with Gasteiger partial charge in [-0.2, -0.15) is 0 Å². The third kappa shape index (κ3) is 2.94. The summed E-state index contributed by atoms with van der Waals surface area (Å²) in [7, 11) is 0. The highest BCUT2D eigenvalue weighted by Crippen LogP contribution is 2.25. The van der Waals surface area contributed by atoms with E-state index in [1.165, 1.54) is 0 Å². The molecule has 3 aromatic rings. The molecule has 1 aliphatic heterocycles. The normalized spacial score (nSPS) is 15.1. The average molecular weight is 384 g/mol. The molecule has 0 bridgehead atoms. The highest BCUT2D eigenvalue weighted by Gasteiger charge is 2.19. The van der Waals surface area contributed by atoms with Gasteiger partial charge >= 0.3 is 0 Å². The molecule has 1 aromatic carbocycles. The van der Waals surface area contributed by atoms with Crippen LogP contribution in [0.2, 0.25) is 0 Å². The van der Waals surface area contributed by atoms with Crippen LogP contribution in [0.3, 0.4) is 0 Å². The molecule has 2 aromatic heterocycles. The van der Waals surface area contributed by atoms with E-state index < -0.39 is 0 Å². The van der Waals surface area contributed by atoms with Crippen molar-refractivity contribution < 1.29 is 0 Å². The number of hydrogen-bond acceptors (Lipinski definition) is 5. The zero-order valence-corrected chi connectivity index (χ0v) is 15.1. The largest absolute Gasteiger partial charge is 0.353 e. The number of hydrogen-bond donors (Lipinski definition) is 0. The first-order valence-corrected chi connectivity index (χ1v) is 8.85. The minimum Gasteiger partial charge on any atom is -0.353 e. The Labute approximate surface area is 149 Å².